The van der Waals surface area contributed by atoms with Gasteiger partial charge in [-0.05, 0) is 0 Å². The number of halogens is 1. The van der Waals surface area contributed by atoms with Crippen LogP contribution >= 0.6 is 0 Å². The molecule has 0 radical (unpaired) electrons. The average Bonchev–Trinajstić information content (AvgIpc) is 2.55. The Hall–Kier alpha value is -1.70. The molecule has 1 rings (SSSR count). The zero-order valence-corrected chi connectivity index (χ0v) is 10.8. The Labute approximate surface area is 108 Å². The number of alkyl halides is 1. The zero-order chi connectivity index (χ0) is 14.6. The van der Waals surface area contributed by atoms with Gasteiger partial charge >= 0.3 is 17.9 Å². The quantitative estimate of drug-likeness (QED) is 0.532. The fourth-order valence-corrected chi connectivity index (χ4v) is 1.73. The molecule has 4 unspecified atom stereocenters. The van der Waals surface area contributed by atoms with Gasteiger partial charge in [-0.2, -0.15) is 0 Å². The molecule has 1 aliphatic rings. The first-order valence-corrected chi connectivity index (χ1v) is 5.58. The van der Waals surface area contributed by atoms with Gasteiger partial charge in [-0.3, -0.25) is 14.4 Å². The summed E-state index contributed by atoms with van der Waals surface area (Å²) in [6.07, 6.45) is -4.80. The molecule has 19 heavy (non-hydrogen) atoms. The van der Waals surface area contributed by atoms with E-state index in [4.69, 9.17) is 18.9 Å². The Morgan fingerprint density at radius 1 is 0.947 bits per heavy atom. The first-order chi connectivity index (χ1) is 8.85. The molecular formula is C11H15FO7. The molecule has 7 nitrogen and oxygen atoms in total. The van der Waals surface area contributed by atoms with Crippen LogP contribution in [0.2, 0.25) is 0 Å². The number of carbonyl (C=O) groups is 3. The van der Waals surface area contributed by atoms with Gasteiger partial charge in [-0.15, -0.1) is 0 Å². The Morgan fingerprint density at radius 2 is 1.42 bits per heavy atom. The maximum absolute atomic E-state index is 12.8. The van der Waals surface area contributed by atoms with Crippen LogP contribution in [0.5, 0.6) is 0 Å². The number of rotatable bonds is 4. The summed E-state index contributed by atoms with van der Waals surface area (Å²) in [4.78, 5) is 32.9. The number of hydrogen-bond acceptors (Lipinski definition) is 7. The van der Waals surface area contributed by atoms with E-state index in [1.807, 2.05) is 0 Å². The predicted octanol–water partition coefficient (Wildman–Crippen LogP) is 0.107. The Balaban J connectivity index is 2.90. The highest BCUT2D eigenvalue weighted by atomic mass is 19.1. The normalized spacial score (nSPS) is 29.7. The van der Waals surface area contributed by atoms with Crippen LogP contribution in [0, 0.1) is 0 Å². The summed E-state index contributed by atoms with van der Waals surface area (Å²) in [5.74, 6) is -2.07. The highest BCUT2D eigenvalue weighted by Crippen LogP contribution is 2.28. The van der Waals surface area contributed by atoms with E-state index in [0.717, 1.165) is 20.8 Å². The third kappa shape index (κ3) is 4.16. The molecule has 1 fully saturated rings. The first kappa shape index (κ1) is 15.4. The van der Waals surface area contributed by atoms with E-state index in [2.05, 4.69) is 0 Å². The zero-order valence-electron chi connectivity index (χ0n) is 10.8. The Kier molecular flexibility index (Phi) is 5.22. The van der Waals surface area contributed by atoms with E-state index in [1.165, 1.54) is 0 Å². The summed E-state index contributed by atoms with van der Waals surface area (Å²) in [7, 11) is 0. The highest BCUT2D eigenvalue weighted by molar-refractivity contribution is 5.68. The second-order valence-electron chi connectivity index (χ2n) is 3.95. The van der Waals surface area contributed by atoms with Crippen molar-refractivity contribution < 1.29 is 37.7 Å². The Morgan fingerprint density at radius 3 is 1.84 bits per heavy atom. The topological polar surface area (TPSA) is 88.1 Å². The van der Waals surface area contributed by atoms with Crippen molar-refractivity contribution in [2.24, 2.45) is 0 Å². The number of esters is 3. The molecule has 1 saturated heterocycles. The van der Waals surface area contributed by atoms with Crippen molar-refractivity contribution in [2.45, 2.75) is 45.4 Å². The van der Waals surface area contributed by atoms with Crippen LogP contribution < -0.4 is 0 Å². The summed E-state index contributed by atoms with van der Waals surface area (Å²) in [6, 6.07) is 0. The van der Waals surface area contributed by atoms with Gasteiger partial charge in [-0.1, -0.05) is 0 Å². The van der Waals surface area contributed by atoms with Crippen molar-refractivity contribution in [2.75, 3.05) is 6.67 Å². The lowest BCUT2D eigenvalue weighted by Crippen LogP contribution is -2.41. The largest absolute Gasteiger partial charge is 0.455 e. The van der Waals surface area contributed by atoms with Crippen LogP contribution in [-0.4, -0.2) is 49.2 Å². The van der Waals surface area contributed by atoms with Gasteiger partial charge < -0.3 is 18.9 Å². The lowest BCUT2D eigenvalue weighted by atomic mass is 10.1. The SMILES string of the molecule is CC(=O)OC1OC(CF)C(OC(C)=O)C1OC(C)=O. The molecule has 0 bridgehead atoms. The summed E-state index contributed by atoms with van der Waals surface area (Å²) in [5.41, 5.74) is 0. The molecule has 0 aliphatic carbocycles. The van der Waals surface area contributed by atoms with Crippen LogP contribution in [-0.2, 0) is 33.3 Å². The predicted molar refractivity (Wildman–Crippen MR) is 57.5 cm³/mol. The molecule has 1 aliphatic heterocycles. The lowest BCUT2D eigenvalue weighted by molar-refractivity contribution is -0.195. The second-order valence-corrected chi connectivity index (χ2v) is 3.95. The highest BCUT2D eigenvalue weighted by Gasteiger charge is 2.51. The average molecular weight is 278 g/mol. The van der Waals surface area contributed by atoms with Gasteiger partial charge in [-0.25, -0.2) is 4.39 Å². The maximum atomic E-state index is 12.8. The van der Waals surface area contributed by atoms with Crippen LogP contribution in [0.25, 0.3) is 0 Å². The maximum Gasteiger partial charge on any atom is 0.305 e. The van der Waals surface area contributed by atoms with E-state index in [1.54, 1.807) is 0 Å². The first-order valence-electron chi connectivity index (χ1n) is 5.58. The fourth-order valence-electron chi connectivity index (χ4n) is 1.73. The standard InChI is InChI=1S/C11H15FO7/c1-5(13)16-9-8(4-12)19-11(18-7(3)15)10(9)17-6(2)14/h8-11H,4H2,1-3H3. The molecule has 8 heteroatoms. The summed E-state index contributed by atoms with van der Waals surface area (Å²) >= 11 is 0. The molecule has 0 spiro atoms. The van der Waals surface area contributed by atoms with Crippen LogP contribution in [0.1, 0.15) is 20.8 Å². The van der Waals surface area contributed by atoms with Crippen molar-refractivity contribution in [1.82, 2.24) is 0 Å². The van der Waals surface area contributed by atoms with Gasteiger partial charge in [0.2, 0.25) is 12.4 Å². The molecule has 0 aromatic rings. The van der Waals surface area contributed by atoms with Crippen LogP contribution in [0.4, 0.5) is 4.39 Å². The monoisotopic (exact) mass is 278 g/mol. The molecule has 4 atom stereocenters. The molecule has 1 heterocycles. The fraction of sp³-hybridized carbons (Fsp3) is 0.727. The van der Waals surface area contributed by atoms with E-state index in [0.29, 0.717) is 0 Å². The smallest absolute Gasteiger partial charge is 0.305 e. The van der Waals surface area contributed by atoms with Crippen LogP contribution in [0.3, 0.4) is 0 Å². The van der Waals surface area contributed by atoms with Crippen molar-refractivity contribution in [3.05, 3.63) is 0 Å². The van der Waals surface area contributed by atoms with Gasteiger partial charge in [0, 0.05) is 20.8 Å². The summed E-state index contributed by atoms with van der Waals surface area (Å²) in [6.45, 7) is 2.39. The van der Waals surface area contributed by atoms with Crippen molar-refractivity contribution >= 4 is 17.9 Å². The third-order valence-electron chi connectivity index (χ3n) is 2.31. The van der Waals surface area contributed by atoms with Crippen molar-refractivity contribution in [1.29, 1.82) is 0 Å². The second kappa shape index (κ2) is 6.46. The third-order valence-corrected chi connectivity index (χ3v) is 2.31. The van der Waals surface area contributed by atoms with Crippen LogP contribution in [0.15, 0.2) is 0 Å². The van der Waals surface area contributed by atoms with Crippen molar-refractivity contribution in [3.8, 4) is 0 Å². The number of ether oxygens (including phenoxy) is 4. The van der Waals surface area contributed by atoms with E-state index in [-0.39, 0.29) is 0 Å². The molecular weight excluding hydrogens is 263 g/mol. The molecule has 0 N–H and O–H groups in total. The minimum Gasteiger partial charge on any atom is -0.455 e. The number of carbonyl (C=O) groups excluding carboxylic acids is 3. The molecule has 0 saturated carbocycles. The molecule has 0 aromatic heterocycles. The minimum atomic E-state index is -1.30. The van der Waals surface area contributed by atoms with Gasteiger partial charge in [0.05, 0.1) is 0 Å². The lowest BCUT2D eigenvalue weighted by Gasteiger charge is -2.22. The van der Waals surface area contributed by atoms with E-state index >= 15 is 0 Å². The van der Waals surface area contributed by atoms with Gasteiger partial charge in [0.15, 0.2) is 6.10 Å². The summed E-state index contributed by atoms with van der Waals surface area (Å²) < 4.78 is 32.4. The van der Waals surface area contributed by atoms with E-state index < -0.39 is 49.2 Å². The van der Waals surface area contributed by atoms with Gasteiger partial charge in [0.1, 0.15) is 12.8 Å². The molecule has 108 valence electrons. The number of hydrogen-bond donors (Lipinski definition) is 0. The minimum absolute atomic E-state index is 0.687. The molecule has 0 amide bonds. The molecule has 0 aromatic carbocycles. The Bertz CT molecular complexity index is 370. The summed E-state index contributed by atoms with van der Waals surface area (Å²) in [5, 5.41) is 0. The van der Waals surface area contributed by atoms with E-state index in [9.17, 15) is 18.8 Å². The van der Waals surface area contributed by atoms with Gasteiger partial charge in [0.25, 0.3) is 0 Å². The van der Waals surface area contributed by atoms with Crippen molar-refractivity contribution in [3.63, 3.8) is 0 Å².